The maximum absolute atomic E-state index is 10.3. The van der Waals surface area contributed by atoms with Gasteiger partial charge in [-0.25, -0.2) is 0 Å². The zero-order chi connectivity index (χ0) is 5.98. The first-order valence-electron chi connectivity index (χ1n) is 2.41. The number of hydrogen-bond donors (Lipinski definition) is 0. The highest BCUT2D eigenvalue weighted by atomic mass is 16.5. The number of Topliss-reactive ketones (excluding diaryl/α,β-unsaturated/α-hetero) is 1. The molecule has 1 aliphatic rings. The predicted octanol–water partition coefficient (Wildman–Crippen LogP) is -0.599. The van der Waals surface area contributed by atoms with E-state index in [1.807, 2.05) is 0 Å². The van der Waals surface area contributed by atoms with Gasteiger partial charge in [0, 0.05) is 0 Å². The van der Waals surface area contributed by atoms with Gasteiger partial charge >= 0.3 is 0 Å². The second kappa shape index (κ2) is 2.05. The van der Waals surface area contributed by atoms with Crippen molar-refractivity contribution in [2.24, 2.45) is 5.92 Å². The lowest BCUT2D eigenvalue weighted by atomic mass is 10.0. The fraction of sp³-hybridized carbons (Fsp3) is 0.600. The van der Waals surface area contributed by atoms with Crippen molar-refractivity contribution >= 4 is 12.1 Å². The van der Waals surface area contributed by atoms with Crippen molar-refractivity contribution in [1.29, 1.82) is 0 Å². The molecule has 0 aliphatic carbocycles. The van der Waals surface area contributed by atoms with Crippen LogP contribution in [0.25, 0.3) is 0 Å². The third kappa shape index (κ3) is 0.767. The third-order valence-electron chi connectivity index (χ3n) is 1.16. The molecule has 44 valence electrons. The summed E-state index contributed by atoms with van der Waals surface area (Å²) < 4.78 is 4.68. The van der Waals surface area contributed by atoms with E-state index in [1.165, 1.54) is 0 Å². The van der Waals surface area contributed by atoms with E-state index in [0.29, 0.717) is 19.5 Å². The monoisotopic (exact) mass is 114 g/mol. The first-order valence-corrected chi connectivity index (χ1v) is 2.41. The summed E-state index contributed by atoms with van der Waals surface area (Å²) in [5.74, 6) is -0.469. The number of ether oxygens (including phenoxy) is 1. The molecule has 8 heavy (non-hydrogen) atoms. The van der Waals surface area contributed by atoms with Crippen molar-refractivity contribution < 1.29 is 14.3 Å². The highest BCUT2D eigenvalue weighted by Gasteiger charge is 2.25. The van der Waals surface area contributed by atoms with E-state index in [2.05, 4.69) is 4.74 Å². The van der Waals surface area contributed by atoms with Crippen LogP contribution in [0.4, 0.5) is 0 Å². The highest BCUT2D eigenvalue weighted by Crippen LogP contribution is 2.08. The summed E-state index contributed by atoms with van der Waals surface area (Å²) in [5, 5.41) is 0. The van der Waals surface area contributed by atoms with Gasteiger partial charge in [-0.1, -0.05) is 0 Å². The predicted molar refractivity (Wildman–Crippen MR) is 25.4 cm³/mol. The van der Waals surface area contributed by atoms with Crippen molar-refractivity contribution in [2.45, 2.75) is 0 Å². The first kappa shape index (κ1) is 5.44. The number of rotatable bonds is 2. The largest absolute Gasteiger partial charge is 0.380 e. The molecule has 0 spiro atoms. The molecule has 1 fully saturated rings. The molecule has 0 atom stereocenters. The maximum Gasteiger partial charge on any atom is 0.202 e. The molecule has 3 heteroatoms. The van der Waals surface area contributed by atoms with Gasteiger partial charge < -0.3 is 4.74 Å². The summed E-state index contributed by atoms with van der Waals surface area (Å²) in [6, 6.07) is 0. The van der Waals surface area contributed by atoms with Crippen LogP contribution in [0.15, 0.2) is 0 Å². The van der Waals surface area contributed by atoms with Gasteiger partial charge in [0.05, 0.1) is 19.1 Å². The van der Waals surface area contributed by atoms with Crippen LogP contribution in [-0.4, -0.2) is 25.3 Å². The first-order chi connectivity index (χ1) is 3.84. The molecule has 1 aliphatic heterocycles. The number of aldehydes is 1. The molecule has 0 saturated carbocycles. The molecular formula is C5H6O3. The van der Waals surface area contributed by atoms with E-state index in [-0.39, 0.29) is 11.7 Å². The molecule has 1 saturated heterocycles. The number of carbonyl (C=O) groups excluding carboxylic acids is 2. The van der Waals surface area contributed by atoms with E-state index < -0.39 is 0 Å². The van der Waals surface area contributed by atoms with Gasteiger partial charge in [-0.3, -0.25) is 9.59 Å². The molecule has 0 unspecified atom stereocenters. The van der Waals surface area contributed by atoms with Crippen LogP contribution >= 0.6 is 0 Å². The lowest BCUT2D eigenvalue weighted by Gasteiger charge is -2.21. The second-order valence-corrected chi connectivity index (χ2v) is 1.75. The molecule has 0 aromatic heterocycles. The summed E-state index contributed by atoms with van der Waals surface area (Å²) in [7, 11) is 0. The molecule has 0 radical (unpaired) electrons. The Morgan fingerprint density at radius 3 is 2.38 bits per heavy atom. The van der Waals surface area contributed by atoms with Crippen LogP contribution in [-0.2, 0) is 14.3 Å². The summed E-state index contributed by atoms with van der Waals surface area (Å²) in [5.41, 5.74) is 0. The van der Waals surface area contributed by atoms with E-state index >= 15 is 0 Å². The Kier molecular flexibility index (Phi) is 1.39. The van der Waals surface area contributed by atoms with Crippen LogP contribution in [0.5, 0.6) is 0 Å². The minimum absolute atomic E-state index is 0.132. The van der Waals surface area contributed by atoms with Crippen LogP contribution in [0.2, 0.25) is 0 Å². The van der Waals surface area contributed by atoms with Gasteiger partial charge in [0.15, 0.2) is 6.29 Å². The molecule has 0 bridgehead atoms. The molecule has 0 amide bonds. The molecule has 0 aromatic carbocycles. The molecular weight excluding hydrogens is 108 g/mol. The molecule has 1 rings (SSSR count). The summed E-state index contributed by atoms with van der Waals surface area (Å²) in [4.78, 5) is 20.1. The molecule has 1 heterocycles. The highest BCUT2D eigenvalue weighted by molar-refractivity contribution is 6.26. The second-order valence-electron chi connectivity index (χ2n) is 1.75. The topological polar surface area (TPSA) is 43.4 Å². The zero-order valence-electron chi connectivity index (χ0n) is 4.29. The number of ketones is 1. The standard InChI is InChI=1S/C5H6O3/c6-1-5(7)4-2-8-3-4/h1,4H,2-3H2. The Labute approximate surface area is 46.6 Å². The summed E-state index contributed by atoms with van der Waals surface area (Å²) in [6.07, 6.45) is 0.354. The van der Waals surface area contributed by atoms with Gasteiger partial charge in [0.25, 0.3) is 0 Å². The minimum Gasteiger partial charge on any atom is -0.380 e. The number of hydrogen-bond acceptors (Lipinski definition) is 3. The number of carbonyl (C=O) groups is 2. The quantitative estimate of drug-likeness (QED) is 0.355. The van der Waals surface area contributed by atoms with Gasteiger partial charge in [-0.2, -0.15) is 0 Å². The SMILES string of the molecule is O=CC(=O)C1COC1. The lowest BCUT2D eigenvalue weighted by Crippen LogP contribution is -2.35. The van der Waals surface area contributed by atoms with E-state index in [4.69, 9.17) is 0 Å². The van der Waals surface area contributed by atoms with Gasteiger partial charge in [0.2, 0.25) is 5.78 Å². The van der Waals surface area contributed by atoms with Crippen LogP contribution < -0.4 is 0 Å². The fourth-order valence-corrected chi connectivity index (χ4v) is 0.496. The van der Waals surface area contributed by atoms with Crippen LogP contribution in [0.1, 0.15) is 0 Å². The molecule has 0 N–H and O–H groups in total. The smallest absolute Gasteiger partial charge is 0.202 e. The molecule has 0 aromatic rings. The Balaban J connectivity index is 2.34. The van der Waals surface area contributed by atoms with Crippen LogP contribution in [0.3, 0.4) is 0 Å². The Bertz CT molecular complexity index is 115. The van der Waals surface area contributed by atoms with Crippen molar-refractivity contribution in [3.05, 3.63) is 0 Å². The van der Waals surface area contributed by atoms with E-state index in [0.717, 1.165) is 0 Å². The van der Waals surface area contributed by atoms with Gasteiger partial charge in [-0.05, 0) is 0 Å². The van der Waals surface area contributed by atoms with Crippen LogP contribution in [0, 0.1) is 5.92 Å². The third-order valence-corrected chi connectivity index (χ3v) is 1.16. The fourth-order valence-electron chi connectivity index (χ4n) is 0.496. The minimum atomic E-state index is -0.337. The summed E-state index contributed by atoms with van der Waals surface area (Å²) >= 11 is 0. The van der Waals surface area contributed by atoms with Crippen molar-refractivity contribution in [3.8, 4) is 0 Å². The van der Waals surface area contributed by atoms with E-state index in [9.17, 15) is 9.59 Å². The Morgan fingerprint density at radius 2 is 2.25 bits per heavy atom. The zero-order valence-corrected chi connectivity index (χ0v) is 4.29. The van der Waals surface area contributed by atoms with Crippen molar-refractivity contribution in [3.63, 3.8) is 0 Å². The average molecular weight is 114 g/mol. The van der Waals surface area contributed by atoms with Gasteiger partial charge in [-0.15, -0.1) is 0 Å². The Morgan fingerprint density at radius 1 is 1.62 bits per heavy atom. The molecule has 3 nitrogen and oxygen atoms in total. The van der Waals surface area contributed by atoms with Crippen molar-refractivity contribution in [1.82, 2.24) is 0 Å². The summed E-state index contributed by atoms with van der Waals surface area (Å²) in [6.45, 7) is 0.856. The maximum atomic E-state index is 10.3. The Hall–Kier alpha value is -0.700. The van der Waals surface area contributed by atoms with Crippen molar-refractivity contribution in [2.75, 3.05) is 13.2 Å². The lowest BCUT2D eigenvalue weighted by molar-refractivity contribution is -0.142. The normalized spacial score (nSPS) is 19.5. The average Bonchev–Trinajstić information content (AvgIpc) is 1.62. The van der Waals surface area contributed by atoms with Gasteiger partial charge in [0.1, 0.15) is 0 Å². The van der Waals surface area contributed by atoms with E-state index in [1.54, 1.807) is 0 Å².